The number of carbonyl (C=O) groups excluding carboxylic acids is 1. The Hall–Kier alpha value is -1.03. The van der Waals surface area contributed by atoms with Gasteiger partial charge in [-0.3, -0.25) is 4.79 Å². The van der Waals surface area contributed by atoms with Crippen molar-refractivity contribution >= 4 is 27.5 Å². The molecule has 0 spiro atoms. The number of amides is 1. The minimum Gasteiger partial charge on any atom is -0.383 e. The molecule has 0 unspecified atom stereocenters. The summed E-state index contributed by atoms with van der Waals surface area (Å²) in [7, 11) is 0. The fourth-order valence-electron chi connectivity index (χ4n) is 1.20. The van der Waals surface area contributed by atoms with Crippen LogP contribution in [-0.4, -0.2) is 19.0 Å². The second-order valence-electron chi connectivity index (χ2n) is 3.37. The maximum absolute atomic E-state index is 10.6. The molecule has 0 aliphatic heterocycles. The topological polar surface area (TPSA) is 41.1 Å². The lowest BCUT2D eigenvalue weighted by molar-refractivity contribution is -0.118. The van der Waals surface area contributed by atoms with Crippen molar-refractivity contribution in [3.05, 3.63) is 28.2 Å². The van der Waals surface area contributed by atoms with Gasteiger partial charge in [0.1, 0.15) is 0 Å². The first-order valence-corrected chi connectivity index (χ1v) is 5.63. The van der Waals surface area contributed by atoms with Crippen LogP contribution in [-0.2, 0) is 4.79 Å². The molecular formula is C11H15BrN2O. The number of aryl methyl sites for hydroxylation is 1. The van der Waals surface area contributed by atoms with E-state index in [9.17, 15) is 4.79 Å². The summed E-state index contributed by atoms with van der Waals surface area (Å²) in [6.45, 7) is 4.94. The first kappa shape index (κ1) is 12.0. The average molecular weight is 271 g/mol. The summed E-state index contributed by atoms with van der Waals surface area (Å²) in [5, 5.41) is 5.96. The predicted molar refractivity (Wildman–Crippen MR) is 66.1 cm³/mol. The second-order valence-corrected chi connectivity index (χ2v) is 4.23. The quantitative estimate of drug-likeness (QED) is 0.825. The predicted octanol–water partition coefficient (Wildman–Crippen LogP) is 2.31. The highest BCUT2D eigenvalue weighted by atomic mass is 79.9. The molecule has 0 heterocycles. The van der Waals surface area contributed by atoms with Crippen molar-refractivity contribution in [1.82, 2.24) is 5.32 Å². The van der Waals surface area contributed by atoms with Crippen LogP contribution in [0.4, 0.5) is 5.69 Å². The molecule has 1 aromatic rings. The summed E-state index contributed by atoms with van der Waals surface area (Å²) in [6.07, 6.45) is 0. The van der Waals surface area contributed by atoms with Crippen LogP contribution in [0.1, 0.15) is 12.5 Å². The van der Waals surface area contributed by atoms with Gasteiger partial charge in [-0.05, 0) is 30.7 Å². The van der Waals surface area contributed by atoms with E-state index in [0.29, 0.717) is 6.54 Å². The van der Waals surface area contributed by atoms with Crippen molar-refractivity contribution in [3.8, 4) is 0 Å². The van der Waals surface area contributed by atoms with E-state index in [1.807, 2.05) is 19.1 Å². The van der Waals surface area contributed by atoms with E-state index in [-0.39, 0.29) is 5.91 Å². The number of rotatable bonds is 4. The van der Waals surface area contributed by atoms with Gasteiger partial charge in [-0.25, -0.2) is 0 Å². The van der Waals surface area contributed by atoms with Crippen molar-refractivity contribution in [1.29, 1.82) is 0 Å². The van der Waals surface area contributed by atoms with Crippen molar-refractivity contribution in [2.45, 2.75) is 13.8 Å². The fraction of sp³-hybridized carbons (Fsp3) is 0.364. The van der Waals surface area contributed by atoms with Crippen molar-refractivity contribution in [2.24, 2.45) is 0 Å². The van der Waals surface area contributed by atoms with Crippen LogP contribution in [0.2, 0.25) is 0 Å². The normalized spacial score (nSPS) is 9.80. The molecule has 15 heavy (non-hydrogen) atoms. The Balaban J connectivity index is 2.38. The summed E-state index contributed by atoms with van der Waals surface area (Å²) < 4.78 is 1.11. The third-order valence-electron chi connectivity index (χ3n) is 1.99. The van der Waals surface area contributed by atoms with Crippen LogP contribution in [0, 0.1) is 6.92 Å². The van der Waals surface area contributed by atoms with Gasteiger partial charge in [0, 0.05) is 30.2 Å². The van der Waals surface area contributed by atoms with Gasteiger partial charge in [0.2, 0.25) is 5.91 Å². The molecule has 0 bridgehead atoms. The van der Waals surface area contributed by atoms with Gasteiger partial charge in [0.15, 0.2) is 0 Å². The Morgan fingerprint density at radius 2 is 2.13 bits per heavy atom. The number of benzene rings is 1. The molecule has 82 valence electrons. The molecule has 2 N–H and O–H groups in total. The average Bonchev–Trinajstić information content (AvgIpc) is 2.18. The molecule has 4 heteroatoms. The molecule has 0 fully saturated rings. The minimum absolute atomic E-state index is 0.00351. The molecule has 0 aliphatic rings. The van der Waals surface area contributed by atoms with Gasteiger partial charge in [-0.1, -0.05) is 15.9 Å². The molecule has 1 aromatic carbocycles. The third kappa shape index (κ3) is 4.34. The maximum Gasteiger partial charge on any atom is 0.216 e. The number of anilines is 1. The molecule has 0 aliphatic carbocycles. The highest BCUT2D eigenvalue weighted by Gasteiger charge is 1.96. The molecule has 0 saturated carbocycles. The van der Waals surface area contributed by atoms with Gasteiger partial charge < -0.3 is 10.6 Å². The summed E-state index contributed by atoms with van der Waals surface area (Å²) >= 11 is 3.45. The lowest BCUT2D eigenvalue weighted by Crippen LogP contribution is -2.26. The van der Waals surface area contributed by atoms with Gasteiger partial charge in [0.25, 0.3) is 0 Å². The summed E-state index contributed by atoms with van der Waals surface area (Å²) in [5.41, 5.74) is 2.26. The smallest absolute Gasteiger partial charge is 0.216 e. The molecule has 0 saturated heterocycles. The monoisotopic (exact) mass is 270 g/mol. The lowest BCUT2D eigenvalue weighted by atomic mass is 10.2. The van der Waals surface area contributed by atoms with E-state index < -0.39 is 0 Å². The van der Waals surface area contributed by atoms with E-state index in [0.717, 1.165) is 16.7 Å². The van der Waals surface area contributed by atoms with Crippen molar-refractivity contribution in [3.63, 3.8) is 0 Å². The number of hydrogen-bond donors (Lipinski definition) is 2. The van der Waals surface area contributed by atoms with Crippen LogP contribution >= 0.6 is 15.9 Å². The molecule has 1 amide bonds. The van der Waals surface area contributed by atoms with Gasteiger partial charge in [-0.2, -0.15) is 0 Å². The first-order chi connectivity index (χ1) is 7.09. The highest BCUT2D eigenvalue weighted by Crippen LogP contribution is 2.19. The molecule has 0 radical (unpaired) electrons. The van der Waals surface area contributed by atoms with E-state index in [1.165, 1.54) is 12.5 Å². The molecule has 0 atom stereocenters. The Labute approximate surface area is 98.4 Å². The second kappa shape index (κ2) is 5.75. The standard InChI is InChI=1S/C11H15BrN2O/c1-8-7-10(3-4-11(8)12)14-6-5-13-9(2)15/h3-4,7,14H,5-6H2,1-2H3,(H,13,15). The summed E-state index contributed by atoms with van der Waals surface area (Å²) in [5.74, 6) is 0.00351. The summed E-state index contributed by atoms with van der Waals surface area (Å²) in [6, 6.07) is 6.08. The van der Waals surface area contributed by atoms with Crippen LogP contribution in [0.25, 0.3) is 0 Å². The largest absolute Gasteiger partial charge is 0.383 e. The van der Waals surface area contributed by atoms with E-state index in [4.69, 9.17) is 0 Å². The third-order valence-corrected chi connectivity index (χ3v) is 2.88. The zero-order chi connectivity index (χ0) is 11.3. The van der Waals surface area contributed by atoms with Gasteiger partial charge >= 0.3 is 0 Å². The SMILES string of the molecule is CC(=O)NCCNc1ccc(Br)c(C)c1. The van der Waals surface area contributed by atoms with Crippen molar-refractivity contribution in [2.75, 3.05) is 18.4 Å². The number of nitrogens with one attached hydrogen (secondary N) is 2. The van der Waals surface area contributed by atoms with E-state index >= 15 is 0 Å². The van der Waals surface area contributed by atoms with Crippen LogP contribution in [0.5, 0.6) is 0 Å². The Bertz CT molecular complexity index is 352. The Kier molecular flexibility index (Phi) is 4.62. The highest BCUT2D eigenvalue weighted by molar-refractivity contribution is 9.10. The lowest BCUT2D eigenvalue weighted by Gasteiger charge is -2.08. The van der Waals surface area contributed by atoms with E-state index in [2.05, 4.69) is 32.6 Å². The van der Waals surface area contributed by atoms with Crippen LogP contribution < -0.4 is 10.6 Å². The maximum atomic E-state index is 10.6. The number of carbonyl (C=O) groups is 1. The molecule has 3 nitrogen and oxygen atoms in total. The molecule has 0 aromatic heterocycles. The van der Waals surface area contributed by atoms with Gasteiger partial charge in [-0.15, -0.1) is 0 Å². The first-order valence-electron chi connectivity index (χ1n) is 4.84. The Morgan fingerprint density at radius 3 is 2.73 bits per heavy atom. The number of hydrogen-bond acceptors (Lipinski definition) is 2. The van der Waals surface area contributed by atoms with Crippen LogP contribution in [0.15, 0.2) is 22.7 Å². The minimum atomic E-state index is 0.00351. The molecule has 1 rings (SSSR count). The Morgan fingerprint density at radius 1 is 1.40 bits per heavy atom. The van der Waals surface area contributed by atoms with E-state index in [1.54, 1.807) is 0 Å². The summed E-state index contributed by atoms with van der Waals surface area (Å²) in [4.78, 5) is 10.6. The fourth-order valence-corrected chi connectivity index (χ4v) is 1.45. The van der Waals surface area contributed by atoms with Crippen molar-refractivity contribution < 1.29 is 4.79 Å². The number of halogens is 1. The zero-order valence-corrected chi connectivity index (χ0v) is 10.5. The molecular weight excluding hydrogens is 256 g/mol. The van der Waals surface area contributed by atoms with Gasteiger partial charge in [0.05, 0.1) is 0 Å². The zero-order valence-electron chi connectivity index (χ0n) is 8.93. The van der Waals surface area contributed by atoms with Crippen LogP contribution in [0.3, 0.4) is 0 Å².